The molecule has 0 atom stereocenters. The van der Waals surface area contributed by atoms with E-state index in [-0.39, 0.29) is 6.85 Å². The van der Waals surface area contributed by atoms with Crippen molar-refractivity contribution in [2.75, 3.05) is 4.90 Å². The van der Waals surface area contributed by atoms with E-state index in [1.54, 1.807) is 0 Å². The van der Waals surface area contributed by atoms with Gasteiger partial charge in [0.2, 0.25) is 0 Å². The van der Waals surface area contributed by atoms with Crippen LogP contribution in [0.1, 0.15) is 0 Å². The highest BCUT2D eigenvalue weighted by Crippen LogP contribution is 2.54. The SMILES string of the molecule is c1ccc2c(c1)Oc1cccc3c1N2c1c2c(cc4ccccc14)-c1cccc4c5ccc6ccccc6c5n(c14)B32. The highest BCUT2D eigenvalue weighted by molar-refractivity contribution is 6.90. The first-order valence-corrected chi connectivity index (χ1v) is 14.6. The lowest BCUT2D eigenvalue weighted by molar-refractivity contribution is 0.477. The van der Waals surface area contributed by atoms with Crippen LogP contribution in [0, 0.1) is 0 Å². The van der Waals surface area contributed by atoms with E-state index in [9.17, 15) is 0 Å². The molecule has 0 fully saturated rings. The van der Waals surface area contributed by atoms with Crippen LogP contribution in [0.4, 0.5) is 17.1 Å². The largest absolute Gasteiger partial charge is 0.453 e. The summed E-state index contributed by atoms with van der Waals surface area (Å²) in [4.78, 5) is 2.48. The van der Waals surface area contributed by atoms with Crippen LogP contribution in [0.25, 0.3) is 54.5 Å². The van der Waals surface area contributed by atoms with Crippen molar-refractivity contribution in [3.8, 4) is 22.6 Å². The number of rotatable bonds is 0. The van der Waals surface area contributed by atoms with Gasteiger partial charge >= 0.3 is 6.85 Å². The molecule has 4 heteroatoms. The van der Waals surface area contributed by atoms with E-state index in [1.165, 1.54) is 71.1 Å². The second-order valence-electron chi connectivity index (χ2n) is 11.7. The van der Waals surface area contributed by atoms with Crippen molar-refractivity contribution in [3.05, 3.63) is 127 Å². The third kappa shape index (κ3) is 2.35. The topological polar surface area (TPSA) is 17.4 Å². The normalized spacial score (nSPS) is 13.8. The molecule has 0 spiro atoms. The van der Waals surface area contributed by atoms with E-state index in [4.69, 9.17) is 4.74 Å². The first-order valence-electron chi connectivity index (χ1n) is 14.6. The van der Waals surface area contributed by atoms with Crippen molar-refractivity contribution in [3.63, 3.8) is 0 Å². The molecule has 192 valence electrons. The van der Waals surface area contributed by atoms with Gasteiger partial charge in [-0.15, -0.1) is 0 Å². The minimum atomic E-state index is 0.000347. The number of para-hydroxylation sites is 4. The van der Waals surface area contributed by atoms with E-state index in [1.807, 2.05) is 0 Å². The van der Waals surface area contributed by atoms with Gasteiger partial charge in [-0.2, -0.15) is 0 Å². The summed E-state index contributed by atoms with van der Waals surface area (Å²) < 4.78 is 9.27. The van der Waals surface area contributed by atoms with Crippen LogP contribution in [-0.4, -0.2) is 11.3 Å². The smallest absolute Gasteiger partial charge is 0.333 e. The molecule has 42 heavy (non-hydrogen) atoms. The molecule has 3 aliphatic heterocycles. The fourth-order valence-corrected chi connectivity index (χ4v) is 8.13. The standard InChI is InChI=1S/C38H21BN2O/c1-3-11-24-22(9-1)19-20-28-26-13-7-14-27-29-21-23-10-2-4-12-25(23)37-34(29)39(41(35(24)28)36(26)27)30-15-8-18-33-38(30)40(37)31-16-5-6-17-32(31)42-33/h1-21H. The summed E-state index contributed by atoms with van der Waals surface area (Å²) in [6.45, 7) is 0.000347. The Labute approximate surface area is 241 Å². The van der Waals surface area contributed by atoms with Gasteiger partial charge in [-0.3, -0.25) is 0 Å². The molecular weight excluding hydrogens is 511 g/mol. The monoisotopic (exact) mass is 532 g/mol. The number of nitrogens with zero attached hydrogens (tertiary/aromatic N) is 2. The van der Waals surface area contributed by atoms with Crippen LogP contribution in [0.5, 0.6) is 11.5 Å². The molecule has 0 saturated carbocycles. The Morgan fingerprint density at radius 2 is 1.24 bits per heavy atom. The van der Waals surface area contributed by atoms with Crippen LogP contribution in [0.3, 0.4) is 0 Å². The first-order chi connectivity index (χ1) is 20.9. The summed E-state index contributed by atoms with van der Waals surface area (Å²) in [5.41, 5.74) is 11.3. The second kappa shape index (κ2) is 7.23. The maximum absolute atomic E-state index is 6.62. The molecule has 4 heterocycles. The van der Waals surface area contributed by atoms with Gasteiger partial charge in [0.25, 0.3) is 0 Å². The minimum absolute atomic E-state index is 0.000347. The molecule has 1 aromatic heterocycles. The summed E-state index contributed by atoms with van der Waals surface area (Å²) in [5.74, 6) is 1.79. The van der Waals surface area contributed by atoms with Gasteiger partial charge in [0.05, 0.1) is 17.1 Å². The van der Waals surface area contributed by atoms with Gasteiger partial charge in [0.15, 0.2) is 11.5 Å². The molecule has 0 aliphatic carbocycles. The Morgan fingerprint density at radius 1 is 0.500 bits per heavy atom. The molecule has 7 aromatic carbocycles. The van der Waals surface area contributed by atoms with Gasteiger partial charge in [0, 0.05) is 38.1 Å². The molecule has 3 aliphatic rings. The highest BCUT2D eigenvalue weighted by Gasteiger charge is 2.46. The number of anilines is 3. The average Bonchev–Trinajstić information content (AvgIpc) is 3.39. The molecule has 0 unspecified atom stereocenters. The summed E-state index contributed by atoms with van der Waals surface area (Å²) in [6, 6.07) is 46.6. The summed E-state index contributed by atoms with van der Waals surface area (Å²) >= 11 is 0. The predicted molar refractivity (Wildman–Crippen MR) is 175 cm³/mol. The van der Waals surface area contributed by atoms with Gasteiger partial charge in [-0.25, -0.2) is 0 Å². The van der Waals surface area contributed by atoms with Crippen LogP contribution in [0.2, 0.25) is 0 Å². The zero-order valence-electron chi connectivity index (χ0n) is 22.5. The number of aromatic nitrogens is 1. The fourth-order valence-electron chi connectivity index (χ4n) is 8.13. The Balaban J connectivity index is 1.42. The molecule has 8 aromatic rings. The average molecular weight is 532 g/mol. The second-order valence-corrected chi connectivity index (χ2v) is 11.7. The minimum Gasteiger partial charge on any atom is -0.453 e. The number of hydrogen-bond donors (Lipinski definition) is 0. The lowest BCUT2D eigenvalue weighted by Gasteiger charge is -2.43. The van der Waals surface area contributed by atoms with Crippen LogP contribution in [-0.2, 0) is 0 Å². The zero-order chi connectivity index (χ0) is 27.1. The maximum atomic E-state index is 6.62. The number of ether oxygens (including phenoxy) is 1. The van der Waals surface area contributed by atoms with Crippen molar-refractivity contribution < 1.29 is 4.74 Å². The Hall–Kier alpha value is -5.48. The van der Waals surface area contributed by atoms with Crippen LogP contribution < -0.4 is 20.6 Å². The maximum Gasteiger partial charge on any atom is 0.333 e. The van der Waals surface area contributed by atoms with E-state index in [2.05, 4.69) is 137 Å². The van der Waals surface area contributed by atoms with Gasteiger partial charge in [-0.05, 0) is 51.5 Å². The Bertz CT molecular complexity index is 2530. The van der Waals surface area contributed by atoms with Crippen molar-refractivity contribution in [1.29, 1.82) is 0 Å². The predicted octanol–water partition coefficient (Wildman–Crippen LogP) is 8.62. The van der Waals surface area contributed by atoms with E-state index in [0.29, 0.717) is 0 Å². The number of fused-ring (bicyclic) bond motifs is 13. The molecule has 3 nitrogen and oxygen atoms in total. The first kappa shape index (κ1) is 21.3. The van der Waals surface area contributed by atoms with Crippen molar-refractivity contribution >= 4 is 78.2 Å². The lowest BCUT2D eigenvalue weighted by atomic mass is 9.44. The highest BCUT2D eigenvalue weighted by atomic mass is 16.5. The molecule has 0 saturated heterocycles. The van der Waals surface area contributed by atoms with Crippen LogP contribution >= 0.6 is 0 Å². The Kier molecular flexibility index (Phi) is 3.67. The van der Waals surface area contributed by atoms with Crippen molar-refractivity contribution in [2.24, 2.45) is 0 Å². The van der Waals surface area contributed by atoms with E-state index < -0.39 is 0 Å². The summed E-state index contributed by atoms with van der Waals surface area (Å²) in [5, 5.41) is 7.68. The van der Waals surface area contributed by atoms with Crippen molar-refractivity contribution in [1.82, 2.24) is 4.48 Å². The molecule has 11 rings (SSSR count). The van der Waals surface area contributed by atoms with E-state index >= 15 is 0 Å². The molecule has 0 radical (unpaired) electrons. The zero-order valence-corrected chi connectivity index (χ0v) is 22.5. The lowest BCUT2D eigenvalue weighted by Crippen LogP contribution is -2.57. The van der Waals surface area contributed by atoms with Gasteiger partial charge < -0.3 is 14.1 Å². The number of hydrogen-bond acceptors (Lipinski definition) is 2. The Morgan fingerprint density at radius 3 is 2.19 bits per heavy atom. The molecule has 0 bridgehead atoms. The molecular formula is C38H21BN2O. The third-order valence-electron chi connectivity index (χ3n) is 9.69. The van der Waals surface area contributed by atoms with Crippen molar-refractivity contribution in [2.45, 2.75) is 0 Å². The fraction of sp³-hybridized carbons (Fsp3) is 0. The van der Waals surface area contributed by atoms with Gasteiger partial charge in [0.1, 0.15) is 0 Å². The number of benzene rings is 7. The van der Waals surface area contributed by atoms with Gasteiger partial charge in [-0.1, -0.05) is 103 Å². The summed E-state index contributed by atoms with van der Waals surface area (Å²) in [7, 11) is 0. The molecule has 0 N–H and O–H groups in total. The third-order valence-corrected chi connectivity index (χ3v) is 9.69. The van der Waals surface area contributed by atoms with Crippen LogP contribution in [0.15, 0.2) is 127 Å². The van der Waals surface area contributed by atoms with E-state index in [0.717, 1.165) is 22.9 Å². The molecule has 0 amide bonds. The summed E-state index contributed by atoms with van der Waals surface area (Å²) in [6.07, 6.45) is 0. The quantitative estimate of drug-likeness (QED) is 0.182.